The van der Waals surface area contributed by atoms with Crippen molar-refractivity contribution in [3.63, 3.8) is 0 Å². The standard InChI is InChI=1S/C25H19F6O6P/c1-35-14-12-18(36-2)21(19(13-14)37-3)23(33)38(34,15-8-5-4-6-9-15)22(32)20-16(24(26,27)28)10-7-11-17(20)25(29,30)31/h4-13H,1-3H3. The molecule has 0 amide bonds. The molecule has 0 aromatic heterocycles. The zero-order valence-electron chi connectivity index (χ0n) is 19.9. The number of rotatable bonds is 8. The van der Waals surface area contributed by atoms with Gasteiger partial charge in [0.1, 0.15) is 22.8 Å². The highest BCUT2D eigenvalue weighted by molar-refractivity contribution is 8.01. The predicted octanol–water partition coefficient (Wildman–Crippen LogP) is 6.42. The van der Waals surface area contributed by atoms with E-state index >= 15 is 0 Å². The zero-order valence-corrected chi connectivity index (χ0v) is 20.8. The van der Waals surface area contributed by atoms with Crippen LogP contribution in [-0.4, -0.2) is 32.4 Å². The van der Waals surface area contributed by atoms with Gasteiger partial charge >= 0.3 is 12.4 Å². The minimum Gasteiger partial charge on any atom is -0.496 e. The van der Waals surface area contributed by atoms with E-state index < -0.39 is 58.1 Å². The van der Waals surface area contributed by atoms with Gasteiger partial charge in [-0.3, -0.25) is 9.59 Å². The van der Waals surface area contributed by atoms with Crippen LogP contribution in [0.1, 0.15) is 31.8 Å². The van der Waals surface area contributed by atoms with Crippen molar-refractivity contribution in [2.75, 3.05) is 21.3 Å². The summed E-state index contributed by atoms with van der Waals surface area (Å²) in [6, 6.07) is 9.12. The maximum absolute atomic E-state index is 14.5. The largest absolute Gasteiger partial charge is 0.496 e. The number of benzene rings is 3. The van der Waals surface area contributed by atoms with Gasteiger partial charge in [-0.05, 0) is 12.1 Å². The third-order valence-electron chi connectivity index (χ3n) is 5.51. The Labute approximate surface area is 212 Å². The Hall–Kier alpha value is -3.79. The zero-order chi connectivity index (χ0) is 28.5. The van der Waals surface area contributed by atoms with Crippen molar-refractivity contribution < 1.29 is 54.7 Å². The van der Waals surface area contributed by atoms with Crippen molar-refractivity contribution in [3.8, 4) is 17.2 Å². The predicted molar refractivity (Wildman–Crippen MR) is 125 cm³/mol. The molecule has 13 heteroatoms. The number of carbonyl (C=O) groups is 2. The van der Waals surface area contributed by atoms with Crippen molar-refractivity contribution in [2.24, 2.45) is 0 Å². The average molecular weight is 560 g/mol. The minimum atomic E-state index is -5.47. The number of alkyl halides is 6. The van der Waals surface area contributed by atoms with E-state index in [0.717, 1.165) is 38.5 Å². The molecule has 6 nitrogen and oxygen atoms in total. The molecule has 3 rings (SSSR count). The lowest BCUT2D eigenvalue weighted by atomic mass is 10.0. The van der Waals surface area contributed by atoms with E-state index in [1.54, 1.807) is 0 Å². The van der Waals surface area contributed by atoms with Crippen LogP contribution in [0.25, 0.3) is 0 Å². The summed E-state index contributed by atoms with van der Waals surface area (Å²) in [6.07, 6.45) is -10.9. The number of halogens is 6. The first-order valence-electron chi connectivity index (χ1n) is 10.5. The van der Waals surface area contributed by atoms with Crippen molar-refractivity contribution in [2.45, 2.75) is 12.4 Å². The number of carbonyl (C=O) groups excluding carboxylic acids is 2. The Bertz CT molecular complexity index is 1360. The van der Waals surface area contributed by atoms with E-state index in [1.165, 1.54) is 25.3 Å². The topological polar surface area (TPSA) is 78.9 Å². The summed E-state index contributed by atoms with van der Waals surface area (Å²) in [5, 5.41) is -0.583. The summed E-state index contributed by atoms with van der Waals surface area (Å²) in [5.74, 6) is -0.580. The summed E-state index contributed by atoms with van der Waals surface area (Å²) in [7, 11) is -2.01. The SMILES string of the molecule is COc1cc(OC)c(C(=O)P(=O)(C(=O)c2c(C(F)(F)F)cccc2C(F)(F)F)c2ccccc2)c(OC)c1. The van der Waals surface area contributed by atoms with Gasteiger partial charge in [-0.25, -0.2) is 0 Å². The second-order valence-corrected chi connectivity index (χ2v) is 10.2. The van der Waals surface area contributed by atoms with Crippen molar-refractivity contribution in [1.29, 1.82) is 0 Å². The third kappa shape index (κ3) is 5.13. The molecule has 3 aromatic carbocycles. The summed E-state index contributed by atoms with van der Waals surface area (Å²) in [6.45, 7) is 0. The maximum atomic E-state index is 14.5. The highest BCUT2D eigenvalue weighted by Crippen LogP contribution is 2.56. The molecule has 0 aliphatic rings. The van der Waals surface area contributed by atoms with Crippen LogP contribution in [0.4, 0.5) is 26.3 Å². The fourth-order valence-electron chi connectivity index (χ4n) is 3.75. The van der Waals surface area contributed by atoms with Crippen LogP contribution in [0.5, 0.6) is 17.2 Å². The maximum Gasteiger partial charge on any atom is 0.417 e. The fraction of sp³-hybridized carbons (Fsp3) is 0.200. The smallest absolute Gasteiger partial charge is 0.417 e. The molecule has 1 unspecified atom stereocenters. The van der Waals surface area contributed by atoms with Crippen LogP contribution in [0.15, 0.2) is 60.7 Å². The molecule has 0 saturated heterocycles. The monoisotopic (exact) mass is 560 g/mol. The highest BCUT2D eigenvalue weighted by atomic mass is 31.2. The molecule has 0 bridgehead atoms. The van der Waals surface area contributed by atoms with Crippen LogP contribution in [-0.2, 0) is 16.9 Å². The molecule has 0 aliphatic heterocycles. The van der Waals surface area contributed by atoms with Gasteiger partial charge in [-0.1, -0.05) is 36.4 Å². The van der Waals surface area contributed by atoms with E-state index in [9.17, 15) is 40.5 Å². The van der Waals surface area contributed by atoms with E-state index in [4.69, 9.17) is 14.2 Å². The lowest BCUT2D eigenvalue weighted by Crippen LogP contribution is -2.26. The van der Waals surface area contributed by atoms with Gasteiger partial charge in [0.2, 0.25) is 18.2 Å². The van der Waals surface area contributed by atoms with Gasteiger partial charge in [0.25, 0.3) is 0 Å². The fourth-order valence-corrected chi connectivity index (χ4v) is 6.09. The van der Waals surface area contributed by atoms with Crippen molar-refractivity contribution >= 4 is 23.5 Å². The number of hydrogen-bond donors (Lipinski definition) is 0. The molecule has 1 atom stereocenters. The van der Waals surface area contributed by atoms with Crippen LogP contribution >= 0.6 is 7.14 Å². The van der Waals surface area contributed by atoms with E-state index in [1.807, 2.05) is 0 Å². The normalized spacial score (nSPS) is 13.4. The summed E-state index contributed by atoms with van der Waals surface area (Å²) in [5.41, 5.74) is -10.3. The lowest BCUT2D eigenvalue weighted by Gasteiger charge is -2.23. The molecule has 3 aromatic rings. The summed E-state index contributed by atoms with van der Waals surface area (Å²) >= 11 is 0. The molecule has 0 fully saturated rings. The van der Waals surface area contributed by atoms with E-state index in [0.29, 0.717) is 6.07 Å². The highest BCUT2D eigenvalue weighted by Gasteiger charge is 2.51. The molecule has 202 valence electrons. The lowest BCUT2D eigenvalue weighted by molar-refractivity contribution is -0.143. The molecule has 0 N–H and O–H groups in total. The van der Waals surface area contributed by atoms with Gasteiger partial charge in [-0.2, -0.15) is 26.3 Å². The van der Waals surface area contributed by atoms with Gasteiger partial charge in [0, 0.05) is 17.4 Å². The molecular weight excluding hydrogens is 541 g/mol. The molecule has 0 aliphatic carbocycles. The molecular formula is C25H19F6O6P. The molecule has 0 heterocycles. The summed E-state index contributed by atoms with van der Waals surface area (Å²) < 4.78 is 113. The first-order valence-corrected chi connectivity index (χ1v) is 12.2. The van der Waals surface area contributed by atoms with Crippen LogP contribution in [0, 0.1) is 0 Å². The average Bonchev–Trinajstić information content (AvgIpc) is 2.89. The Morgan fingerprint density at radius 3 is 1.50 bits per heavy atom. The van der Waals surface area contributed by atoms with Crippen molar-refractivity contribution in [3.05, 3.63) is 82.9 Å². The molecule has 0 radical (unpaired) electrons. The Balaban J connectivity index is 2.45. The van der Waals surface area contributed by atoms with E-state index in [2.05, 4.69) is 0 Å². The van der Waals surface area contributed by atoms with Gasteiger partial charge < -0.3 is 18.8 Å². The Kier molecular flexibility index (Phi) is 7.97. The van der Waals surface area contributed by atoms with Crippen LogP contribution in [0.3, 0.4) is 0 Å². The Morgan fingerprint density at radius 2 is 1.11 bits per heavy atom. The minimum absolute atomic E-state index is 0.0953. The first kappa shape index (κ1) is 28.8. The summed E-state index contributed by atoms with van der Waals surface area (Å²) in [4.78, 5) is 27.7. The van der Waals surface area contributed by atoms with Gasteiger partial charge in [-0.15, -0.1) is 0 Å². The van der Waals surface area contributed by atoms with E-state index in [-0.39, 0.29) is 29.4 Å². The second-order valence-electron chi connectivity index (χ2n) is 7.69. The third-order valence-corrected chi connectivity index (χ3v) is 8.13. The second kappa shape index (κ2) is 10.5. The van der Waals surface area contributed by atoms with Gasteiger partial charge in [0.05, 0.1) is 38.0 Å². The van der Waals surface area contributed by atoms with Crippen molar-refractivity contribution in [1.82, 2.24) is 0 Å². The quantitative estimate of drug-likeness (QED) is 0.234. The molecule has 38 heavy (non-hydrogen) atoms. The first-order chi connectivity index (χ1) is 17.7. The van der Waals surface area contributed by atoms with Crippen LogP contribution < -0.4 is 19.5 Å². The number of methoxy groups -OCH3 is 3. The number of ether oxygens (including phenoxy) is 3. The van der Waals surface area contributed by atoms with Gasteiger partial charge in [0.15, 0.2) is 0 Å². The number of hydrogen-bond acceptors (Lipinski definition) is 6. The molecule has 0 saturated carbocycles. The molecule has 0 spiro atoms. The Morgan fingerprint density at radius 1 is 0.658 bits per heavy atom. The van der Waals surface area contributed by atoms with Crippen LogP contribution in [0.2, 0.25) is 0 Å².